The molecule has 0 aliphatic heterocycles. The number of carboxylic acids is 1. The molecular weight excluding hydrogens is 178 g/mol. The van der Waals surface area contributed by atoms with Gasteiger partial charge in [-0.15, -0.1) is 0 Å². The number of nitrogens with zero attached hydrogens (tertiary/aromatic N) is 1. The van der Waals surface area contributed by atoms with Gasteiger partial charge in [0, 0.05) is 6.04 Å². The van der Waals surface area contributed by atoms with E-state index in [-0.39, 0.29) is 0 Å². The van der Waals surface area contributed by atoms with Crippen LogP contribution in [0.15, 0.2) is 0 Å². The molecule has 0 heterocycles. The van der Waals surface area contributed by atoms with Gasteiger partial charge in [-0.1, -0.05) is 13.3 Å². The summed E-state index contributed by atoms with van der Waals surface area (Å²) >= 11 is 0. The van der Waals surface area contributed by atoms with E-state index in [1.807, 2.05) is 14.1 Å². The van der Waals surface area contributed by atoms with Gasteiger partial charge in [-0.05, 0) is 40.8 Å². The number of carboxylic acid groups (broad SMARTS) is 1. The normalized spacial score (nSPS) is 14.4. The average molecular weight is 201 g/mol. The highest BCUT2D eigenvalue weighted by Gasteiger charge is 2.30. The molecule has 1 unspecified atom stereocenters. The molecule has 0 amide bonds. The van der Waals surface area contributed by atoms with Crippen molar-refractivity contribution in [2.45, 2.75) is 46.1 Å². The number of carbonyl (C=O) groups is 1. The van der Waals surface area contributed by atoms with Gasteiger partial charge in [0.2, 0.25) is 0 Å². The summed E-state index contributed by atoms with van der Waals surface area (Å²) in [7, 11) is 4.02. The standard InChI is InChI=1S/C11H23NO2/c1-6-7-9(12(4)5)8-11(2,3)10(13)14/h9H,6-8H2,1-5H3,(H,13,14). The molecule has 0 fully saturated rings. The lowest BCUT2D eigenvalue weighted by molar-refractivity contribution is -0.148. The third kappa shape index (κ3) is 4.09. The molecule has 0 aliphatic carbocycles. The van der Waals surface area contributed by atoms with E-state index < -0.39 is 11.4 Å². The van der Waals surface area contributed by atoms with Crippen LogP contribution in [0.5, 0.6) is 0 Å². The molecular formula is C11H23NO2. The van der Waals surface area contributed by atoms with Gasteiger partial charge in [0.05, 0.1) is 5.41 Å². The smallest absolute Gasteiger partial charge is 0.309 e. The van der Waals surface area contributed by atoms with Crippen LogP contribution in [0.25, 0.3) is 0 Å². The van der Waals surface area contributed by atoms with E-state index in [1.54, 1.807) is 13.8 Å². The van der Waals surface area contributed by atoms with Gasteiger partial charge in [0.1, 0.15) is 0 Å². The molecule has 3 heteroatoms. The van der Waals surface area contributed by atoms with Crippen LogP contribution in [-0.2, 0) is 4.79 Å². The fourth-order valence-electron chi connectivity index (χ4n) is 1.55. The topological polar surface area (TPSA) is 40.5 Å². The molecule has 0 radical (unpaired) electrons. The van der Waals surface area contributed by atoms with Gasteiger partial charge in [0.25, 0.3) is 0 Å². The van der Waals surface area contributed by atoms with Crippen LogP contribution in [0.2, 0.25) is 0 Å². The summed E-state index contributed by atoms with van der Waals surface area (Å²) in [5.41, 5.74) is -0.621. The Labute approximate surface area is 87.1 Å². The Kier molecular flexibility index (Phi) is 5.13. The summed E-state index contributed by atoms with van der Waals surface area (Å²) in [6, 6.07) is 0.367. The lowest BCUT2D eigenvalue weighted by Crippen LogP contribution is -2.36. The minimum Gasteiger partial charge on any atom is -0.481 e. The quantitative estimate of drug-likeness (QED) is 0.716. The second-order valence-electron chi connectivity index (χ2n) is 4.80. The first kappa shape index (κ1) is 13.4. The number of rotatable bonds is 6. The first-order valence-electron chi connectivity index (χ1n) is 5.21. The van der Waals surface area contributed by atoms with Gasteiger partial charge >= 0.3 is 5.97 Å². The molecule has 0 bridgehead atoms. The van der Waals surface area contributed by atoms with E-state index in [2.05, 4.69) is 11.8 Å². The number of aliphatic carboxylic acids is 1. The predicted molar refractivity (Wildman–Crippen MR) is 58.4 cm³/mol. The van der Waals surface area contributed by atoms with E-state index in [0.717, 1.165) is 12.8 Å². The van der Waals surface area contributed by atoms with Gasteiger partial charge in [-0.3, -0.25) is 4.79 Å². The van der Waals surface area contributed by atoms with Crippen LogP contribution in [0.3, 0.4) is 0 Å². The molecule has 0 aromatic heterocycles. The Balaban J connectivity index is 4.35. The summed E-state index contributed by atoms with van der Waals surface area (Å²) in [6.07, 6.45) is 2.87. The second kappa shape index (κ2) is 5.35. The molecule has 1 atom stereocenters. The number of hydrogen-bond acceptors (Lipinski definition) is 2. The van der Waals surface area contributed by atoms with Crippen molar-refractivity contribution in [2.75, 3.05) is 14.1 Å². The first-order valence-corrected chi connectivity index (χ1v) is 5.21. The van der Waals surface area contributed by atoms with E-state index in [1.165, 1.54) is 0 Å². The lowest BCUT2D eigenvalue weighted by atomic mass is 9.84. The van der Waals surface area contributed by atoms with Crippen molar-refractivity contribution < 1.29 is 9.90 Å². The molecule has 0 saturated heterocycles. The molecule has 84 valence electrons. The van der Waals surface area contributed by atoms with Crippen molar-refractivity contribution in [3.8, 4) is 0 Å². The maximum Gasteiger partial charge on any atom is 0.309 e. The van der Waals surface area contributed by atoms with Gasteiger partial charge in [-0.2, -0.15) is 0 Å². The lowest BCUT2D eigenvalue weighted by Gasteiger charge is -2.30. The van der Waals surface area contributed by atoms with E-state index in [4.69, 9.17) is 5.11 Å². The molecule has 0 aromatic carbocycles. The van der Waals surface area contributed by atoms with Crippen molar-refractivity contribution in [3.05, 3.63) is 0 Å². The molecule has 1 N–H and O–H groups in total. The summed E-state index contributed by atoms with van der Waals surface area (Å²) in [5.74, 6) is -0.708. The minimum atomic E-state index is -0.708. The molecule has 0 rings (SSSR count). The van der Waals surface area contributed by atoms with Crippen molar-refractivity contribution in [3.63, 3.8) is 0 Å². The zero-order valence-corrected chi connectivity index (χ0v) is 10.0. The molecule has 0 aliphatic rings. The summed E-state index contributed by atoms with van der Waals surface area (Å²) in [4.78, 5) is 13.1. The van der Waals surface area contributed by atoms with Crippen LogP contribution in [0, 0.1) is 5.41 Å². The molecule has 14 heavy (non-hydrogen) atoms. The molecule has 3 nitrogen and oxygen atoms in total. The summed E-state index contributed by atoms with van der Waals surface area (Å²) < 4.78 is 0. The monoisotopic (exact) mass is 201 g/mol. The molecule has 0 spiro atoms. The maximum absolute atomic E-state index is 11.0. The highest BCUT2D eigenvalue weighted by Crippen LogP contribution is 2.26. The van der Waals surface area contributed by atoms with Crippen molar-refractivity contribution in [2.24, 2.45) is 5.41 Å². The van der Waals surface area contributed by atoms with Gasteiger partial charge in [0.15, 0.2) is 0 Å². The van der Waals surface area contributed by atoms with Gasteiger partial charge < -0.3 is 10.0 Å². The Hall–Kier alpha value is -0.570. The Morgan fingerprint density at radius 3 is 2.21 bits per heavy atom. The second-order valence-corrected chi connectivity index (χ2v) is 4.80. The Morgan fingerprint density at radius 1 is 1.43 bits per heavy atom. The van der Waals surface area contributed by atoms with Crippen LogP contribution >= 0.6 is 0 Å². The van der Waals surface area contributed by atoms with E-state index in [0.29, 0.717) is 12.5 Å². The zero-order chi connectivity index (χ0) is 11.4. The van der Waals surface area contributed by atoms with Gasteiger partial charge in [-0.25, -0.2) is 0 Å². The zero-order valence-electron chi connectivity index (χ0n) is 10.0. The SMILES string of the molecule is CCCC(CC(C)(C)C(=O)O)N(C)C. The van der Waals surface area contributed by atoms with Crippen molar-refractivity contribution >= 4 is 5.97 Å². The van der Waals surface area contributed by atoms with Crippen molar-refractivity contribution in [1.82, 2.24) is 4.90 Å². The number of hydrogen-bond donors (Lipinski definition) is 1. The van der Waals surface area contributed by atoms with E-state index in [9.17, 15) is 4.79 Å². The summed E-state index contributed by atoms with van der Waals surface area (Å²) in [6.45, 7) is 5.72. The van der Waals surface area contributed by atoms with Crippen molar-refractivity contribution in [1.29, 1.82) is 0 Å². The minimum absolute atomic E-state index is 0.367. The largest absolute Gasteiger partial charge is 0.481 e. The molecule has 0 saturated carbocycles. The van der Waals surface area contributed by atoms with Crippen LogP contribution in [0.4, 0.5) is 0 Å². The fraction of sp³-hybridized carbons (Fsp3) is 0.909. The third-order valence-corrected chi connectivity index (χ3v) is 2.68. The highest BCUT2D eigenvalue weighted by atomic mass is 16.4. The first-order chi connectivity index (χ1) is 6.31. The fourth-order valence-corrected chi connectivity index (χ4v) is 1.55. The van der Waals surface area contributed by atoms with Crippen LogP contribution < -0.4 is 0 Å². The maximum atomic E-state index is 11.0. The Morgan fingerprint density at radius 2 is 1.93 bits per heavy atom. The van der Waals surface area contributed by atoms with E-state index >= 15 is 0 Å². The highest BCUT2D eigenvalue weighted by molar-refractivity contribution is 5.73. The average Bonchev–Trinajstić information content (AvgIpc) is 2.02. The molecule has 0 aromatic rings. The Bertz CT molecular complexity index is 188. The predicted octanol–water partition coefficient (Wildman–Crippen LogP) is 2.22. The van der Waals surface area contributed by atoms with Crippen LogP contribution in [0.1, 0.15) is 40.0 Å². The summed E-state index contributed by atoms with van der Waals surface area (Å²) in [5, 5.41) is 9.02. The third-order valence-electron chi connectivity index (χ3n) is 2.68. The van der Waals surface area contributed by atoms with Crippen LogP contribution in [-0.4, -0.2) is 36.1 Å².